The molecule has 0 saturated carbocycles. The van der Waals surface area contributed by atoms with Gasteiger partial charge < -0.3 is 0 Å². The Labute approximate surface area is 111 Å². The molecule has 0 nitrogen and oxygen atoms in total. The molecule has 2 atom stereocenters. The average Bonchev–Trinajstić information content (AvgIpc) is 2.91. The second-order valence-electron chi connectivity index (χ2n) is 5.80. The number of hydrogen-bond acceptors (Lipinski definition) is 0. The number of allylic oxidation sites excluding steroid dienone is 5. The fourth-order valence-corrected chi connectivity index (χ4v) is 4.25. The number of benzene rings is 1. The molecule has 1 aromatic rings. The van der Waals surface area contributed by atoms with Crippen molar-refractivity contribution in [2.24, 2.45) is 0 Å². The summed E-state index contributed by atoms with van der Waals surface area (Å²) in [5, 5.41) is 0. The lowest BCUT2D eigenvalue weighted by Gasteiger charge is -2.15. The summed E-state index contributed by atoms with van der Waals surface area (Å²) < 4.78 is 0. The first-order valence-corrected chi connectivity index (χ1v) is 9.81. The molecule has 1 unspecified atom stereocenters. The van der Waals surface area contributed by atoms with E-state index in [1.807, 2.05) is 0 Å². The second kappa shape index (κ2) is 4.40. The summed E-state index contributed by atoms with van der Waals surface area (Å²) >= 11 is 0. The molecule has 2 aliphatic carbocycles. The topological polar surface area (TPSA) is 0 Å². The molecule has 2 aliphatic rings. The van der Waals surface area contributed by atoms with E-state index in [0.29, 0.717) is 5.92 Å². The van der Waals surface area contributed by atoms with Gasteiger partial charge in [-0.2, -0.15) is 0 Å². The summed E-state index contributed by atoms with van der Waals surface area (Å²) in [7, 11) is -0.594. The summed E-state index contributed by atoms with van der Waals surface area (Å²) in [5.74, 6) is 0.509. The van der Waals surface area contributed by atoms with E-state index >= 15 is 0 Å². The van der Waals surface area contributed by atoms with Crippen LogP contribution in [-0.4, -0.2) is 8.80 Å². The third-order valence-corrected chi connectivity index (χ3v) is 6.10. The highest BCUT2D eigenvalue weighted by Crippen LogP contribution is 2.44. The van der Waals surface area contributed by atoms with Crippen molar-refractivity contribution in [3.8, 4) is 0 Å². The van der Waals surface area contributed by atoms with Crippen LogP contribution in [0.5, 0.6) is 0 Å². The highest BCUT2D eigenvalue weighted by Gasteiger charge is 2.27. The number of rotatable bonds is 2. The third kappa shape index (κ3) is 1.83. The summed E-state index contributed by atoms with van der Waals surface area (Å²) in [6.45, 7) is 7.12. The van der Waals surface area contributed by atoms with Crippen molar-refractivity contribution in [1.82, 2.24) is 0 Å². The van der Waals surface area contributed by atoms with Gasteiger partial charge in [0.1, 0.15) is 0 Å². The molecule has 0 radical (unpaired) electrons. The minimum Gasteiger partial charge on any atom is -0.0804 e. The van der Waals surface area contributed by atoms with Gasteiger partial charge in [0.05, 0.1) is 0 Å². The molecule has 92 valence electrons. The van der Waals surface area contributed by atoms with Gasteiger partial charge in [-0.15, -0.1) is 0 Å². The van der Waals surface area contributed by atoms with Crippen LogP contribution in [-0.2, 0) is 0 Å². The SMILES string of the molecule is CC1=Cc2ccccc2[C@H]1C1=CC([SiH](C)C)C=C1. The maximum atomic E-state index is 2.51. The van der Waals surface area contributed by atoms with E-state index in [4.69, 9.17) is 0 Å². The predicted molar refractivity (Wildman–Crippen MR) is 82.7 cm³/mol. The van der Waals surface area contributed by atoms with Gasteiger partial charge in [0, 0.05) is 14.7 Å². The van der Waals surface area contributed by atoms with E-state index in [-0.39, 0.29) is 0 Å². The zero-order valence-electron chi connectivity index (χ0n) is 11.4. The van der Waals surface area contributed by atoms with E-state index in [0.717, 1.165) is 5.54 Å². The molecular formula is C17H20Si. The molecule has 0 aliphatic heterocycles. The van der Waals surface area contributed by atoms with Crippen molar-refractivity contribution in [3.63, 3.8) is 0 Å². The van der Waals surface area contributed by atoms with Gasteiger partial charge in [-0.1, -0.05) is 67.2 Å². The summed E-state index contributed by atoms with van der Waals surface area (Å²) in [6, 6.07) is 8.80. The Kier molecular flexibility index (Phi) is 2.87. The molecule has 0 amide bonds. The first-order valence-electron chi connectivity index (χ1n) is 6.84. The monoisotopic (exact) mass is 252 g/mol. The maximum absolute atomic E-state index is 2.51. The lowest BCUT2D eigenvalue weighted by atomic mass is 9.89. The first kappa shape index (κ1) is 11.7. The van der Waals surface area contributed by atoms with Crippen LogP contribution in [0.1, 0.15) is 24.0 Å². The molecule has 1 heteroatoms. The van der Waals surface area contributed by atoms with Crippen LogP contribution in [0.25, 0.3) is 6.08 Å². The van der Waals surface area contributed by atoms with Gasteiger partial charge in [-0.3, -0.25) is 0 Å². The first-order chi connectivity index (χ1) is 8.66. The molecule has 0 fully saturated rings. The van der Waals surface area contributed by atoms with Gasteiger partial charge in [-0.25, -0.2) is 0 Å². The molecule has 0 saturated heterocycles. The highest BCUT2D eigenvalue weighted by atomic mass is 28.3. The largest absolute Gasteiger partial charge is 0.0804 e. The Hall–Kier alpha value is -1.34. The Morgan fingerprint density at radius 1 is 1.11 bits per heavy atom. The fraction of sp³-hybridized carbons (Fsp3) is 0.294. The quantitative estimate of drug-likeness (QED) is 0.678. The molecule has 0 spiro atoms. The van der Waals surface area contributed by atoms with Crippen LogP contribution in [0.15, 0.2) is 53.6 Å². The molecule has 1 aromatic carbocycles. The second-order valence-corrected chi connectivity index (χ2v) is 9.06. The highest BCUT2D eigenvalue weighted by molar-refractivity contribution is 6.58. The minimum absolute atomic E-state index is 0.509. The molecule has 0 aromatic heterocycles. The molecule has 0 bridgehead atoms. The van der Waals surface area contributed by atoms with E-state index < -0.39 is 8.80 Å². The molecule has 0 heterocycles. The van der Waals surface area contributed by atoms with Crippen molar-refractivity contribution in [2.45, 2.75) is 31.5 Å². The van der Waals surface area contributed by atoms with Crippen LogP contribution in [0, 0.1) is 0 Å². The van der Waals surface area contributed by atoms with Crippen LogP contribution in [0.2, 0.25) is 18.6 Å². The van der Waals surface area contributed by atoms with Gasteiger partial charge in [0.2, 0.25) is 0 Å². The number of fused-ring (bicyclic) bond motifs is 1. The predicted octanol–water partition coefficient (Wildman–Crippen LogP) is 4.54. The van der Waals surface area contributed by atoms with Crippen molar-refractivity contribution >= 4 is 14.9 Å². The summed E-state index contributed by atoms with van der Waals surface area (Å²) in [6.07, 6.45) is 9.64. The van der Waals surface area contributed by atoms with Crippen molar-refractivity contribution in [2.75, 3.05) is 0 Å². The Balaban J connectivity index is 1.98. The average molecular weight is 252 g/mol. The van der Waals surface area contributed by atoms with Crippen LogP contribution in [0.3, 0.4) is 0 Å². The zero-order valence-corrected chi connectivity index (χ0v) is 12.5. The molecular weight excluding hydrogens is 232 g/mol. The van der Waals surface area contributed by atoms with E-state index in [2.05, 4.69) is 68.6 Å². The van der Waals surface area contributed by atoms with Crippen LogP contribution < -0.4 is 0 Å². The normalized spacial score (nSPS) is 25.3. The van der Waals surface area contributed by atoms with Gasteiger partial charge in [0.15, 0.2) is 0 Å². The van der Waals surface area contributed by atoms with E-state index in [1.165, 1.54) is 22.3 Å². The van der Waals surface area contributed by atoms with Crippen molar-refractivity contribution < 1.29 is 0 Å². The van der Waals surface area contributed by atoms with E-state index in [1.54, 1.807) is 0 Å². The Morgan fingerprint density at radius 3 is 2.61 bits per heavy atom. The fourth-order valence-electron chi connectivity index (χ4n) is 3.08. The Morgan fingerprint density at radius 2 is 1.89 bits per heavy atom. The van der Waals surface area contributed by atoms with Gasteiger partial charge in [-0.05, 0) is 29.2 Å². The molecule has 3 rings (SSSR count). The van der Waals surface area contributed by atoms with Crippen molar-refractivity contribution in [1.29, 1.82) is 0 Å². The van der Waals surface area contributed by atoms with E-state index in [9.17, 15) is 0 Å². The zero-order chi connectivity index (χ0) is 12.7. The third-order valence-electron chi connectivity index (χ3n) is 4.14. The summed E-state index contributed by atoms with van der Waals surface area (Å²) in [4.78, 5) is 0. The molecule has 0 N–H and O–H groups in total. The minimum atomic E-state index is -0.594. The van der Waals surface area contributed by atoms with Gasteiger partial charge in [0.25, 0.3) is 0 Å². The smallest absolute Gasteiger partial charge is 0.0428 e. The van der Waals surface area contributed by atoms with Crippen LogP contribution in [0.4, 0.5) is 0 Å². The lowest BCUT2D eigenvalue weighted by Crippen LogP contribution is -2.06. The molecule has 18 heavy (non-hydrogen) atoms. The summed E-state index contributed by atoms with van der Waals surface area (Å²) in [5.41, 5.74) is 6.63. The Bertz CT molecular complexity index is 561. The number of hydrogen-bond donors (Lipinski definition) is 0. The van der Waals surface area contributed by atoms with Crippen LogP contribution >= 0.6 is 0 Å². The lowest BCUT2D eigenvalue weighted by molar-refractivity contribution is 0.977. The standard InChI is InChI=1S/C17H20Si/c1-12-10-13-6-4-5-7-16(13)17(12)14-8-9-15(11-14)18(2)3/h4-11,15,17-18H,1-3H3/t15?,17-/m1/s1. The van der Waals surface area contributed by atoms with Gasteiger partial charge >= 0.3 is 0 Å². The van der Waals surface area contributed by atoms with Crippen molar-refractivity contribution in [3.05, 3.63) is 64.8 Å². The maximum Gasteiger partial charge on any atom is 0.0428 e.